The number of rotatable bonds is 8. The van der Waals surface area contributed by atoms with Crippen molar-refractivity contribution in [2.75, 3.05) is 37.9 Å². The molecule has 6 nitrogen and oxygen atoms in total. The molecule has 1 aromatic rings. The number of methoxy groups -OCH3 is 1. The van der Waals surface area contributed by atoms with E-state index in [2.05, 4.69) is 15.6 Å². The lowest BCUT2D eigenvalue weighted by Crippen LogP contribution is -2.32. The molecule has 1 rings (SSSR count). The van der Waals surface area contributed by atoms with Crippen molar-refractivity contribution in [1.82, 2.24) is 5.32 Å². The molecule has 0 aliphatic carbocycles. The van der Waals surface area contributed by atoms with Crippen LogP contribution >= 0.6 is 24.0 Å². The van der Waals surface area contributed by atoms with Gasteiger partial charge in [-0.25, -0.2) is 0 Å². The van der Waals surface area contributed by atoms with Gasteiger partial charge in [0.25, 0.3) is 0 Å². The highest BCUT2D eigenvalue weighted by molar-refractivity contribution is 14.0. The minimum Gasteiger partial charge on any atom is -0.493 e. The number of halogens is 1. The highest BCUT2D eigenvalue weighted by atomic mass is 127. The number of benzene rings is 1. The normalized spacial score (nSPS) is 12.8. The van der Waals surface area contributed by atoms with Gasteiger partial charge in [-0.2, -0.15) is 0 Å². The van der Waals surface area contributed by atoms with Gasteiger partial charge < -0.3 is 20.1 Å². The maximum Gasteiger partial charge on any atom is 0.195 e. The minimum absolute atomic E-state index is 0. The van der Waals surface area contributed by atoms with Gasteiger partial charge in [-0.15, -0.1) is 24.0 Å². The van der Waals surface area contributed by atoms with Gasteiger partial charge in [-0.3, -0.25) is 9.20 Å². The van der Waals surface area contributed by atoms with E-state index in [-0.39, 0.29) is 28.7 Å². The van der Waals surface area contributed by atoms with E-state index in [0.717, 1.165) is 12.2 Å². The average molecular weight is 497 g/mol. The number of ether oxygens (including phenoxy) is 2. The van der Waals surface area contributed by atoms with Crippen LogP contribution in [-0.4, -0.2) is 47.5 Å². The average Bonchev–Trinajstić information content (AvgIpc) is 2.55. The topological polar surface area (TPSA) is 72.0 Å². The van der Waals surface area contributed by atoms with Crippen molar-refractivity contribution in [3.63, 3.8) is 0 Å². The Morgan fingerprint density at radius 1 is 1.23 bits per heavy atom. The van der Waals surface area contributed by atoms with Crippen molar-refractivity contribution in [3.8, 4) is 11.5 Å². The van der Waals surface area contributed by atoms with Crippen molar-refractivity contribution in [1.29, 1.82) is 0 Å². The van der Waals surface area contributed by atoms with E-state index < -0.39 is 10.8 Å². The van der Waals surface area contributed by atoms with Crippen LogP contribution in [0.4, 0.5) is 5.69 Å². The molecule has 0 saturated carbocycles. The van der Waals surface area contributed by atoms with Gasteiger partial charge in [0.2, 0.25) is 0 Å². The van der Waals surface area contributed by atoms with Crippen LogP contribution in [0.15, 0.2) is 23.2 Å². The molecule has 1 aromatic carbocycles. The van der Waals surface area contributed by atoms with Gasteiger partial charge in [0.05, 0.1) is 20.3 Å². The highest BCUT2D eigenvalue weighted by Crippen LogP contribution is 2.30. The lowest BCUT2D eigenvalue weighted by atomic mass is 10.2. The molecule has 0 saturated heterocycles. The number of nitrogens with zero attached hydrogens (tertiary/aromatic N) is 1. The summed E-state index contributed by atoms with van der Waals surface area (Å²) >= 11 is 0. The molecule has 0 amide bonds. The summed E-state index contributed by atoms with van der Waals surface area (Å²) in [6, 6.07) is 5.64. The summed E-state index contributed by atoms with van der Waals surface area (Å²) < 4.78 is 22.8. The zero-order valence-electron chi connectivity index (χ0n) is 16.5. The zero-order valence-corrected chi connectivity index (χ0v) is 19.7. The molecule has 0 heterocycles. The van der Waals surface area contributed by atoms with Crippen LogP contribution in [-0.2, 0) is 10.8 Å². The molecule has 0 aromatic heterocycles. The second kappa shape index (κ2) is 12.4. The third-order valence-corrected chi connectivity index (χ3v) is 5.22. The van der Waals surface area contributed by atoms with Crippen molar-refractivity contribution >= 4 is 46.4 Å². The largest absolute Gasteiger partial charge is 0.493 e. The Labute approximate surface area is 177 Å². The molecule has 2 N–H and O–H groups in total. The molecular weight excluding hydrogens is 465 g/mol. The Kier molecular flexibility index (Phi) is 11.9. The summed E-state index contributed by atoms with van der Waals surface area (Å²) in [5.74, 6) is 2.56. The summed E-state index contributed by atoms with van der Waals surface area (Å²) in [5.41, 5.74) is 0.844. The molecule has 0 fully saturated rings. The lowest BCUT2D eigenvalue weighted by molar-refractivity contribution is 0.311. The first-order chi connectivity index (χ1) is 11.8. The van der Waals surface area contributed by atoms with Crippen LogP contribution < -0.4 is 20.1 Å². The fourth-order valence-corrected chi connectivity index (χ4v) is 2.88. The summed E-state index contributed by atoms with van der Waals surface area (Å²) in [7, 11) is 0.700. The standard InChI is InChI=1S/C18H31N3O3S.HI/c1-7-19-17(20-11-12-25(22)18(3,4)5)21-14-9-10-15(24-8-2)16(13-14)23-6;/h9-10,13H,7-8,11-12H2,1-6H3,(H2,19,20,21);1H. The quantitative estimate of drug-likeness (QED) is 0.326. The van der Waals surface area contributed by atoms with E-state index in [1.165, 1.54) is 0 Å². The third-order valence-electron chi connectivity index (χ3n) is 3.30. The van der Waals surface area contributed by atoms with Gasteiger partial charge in [0.15, 0.2) is 17.5 Å². The molecule has 1 atom stereocenters. The predicted octanol–water partition coefficient (Wildman–Crippen LogP) is 3.64. The minimum atomic E-state index is -0.914. The maximum atomic E-state index is 12.1. The molecular formula is C18H32IN3O3S. The van der Waals surface area contributed by atoms with Gasteiger partial charge in [-0.05, 0) is 46.8 Å². The molecule has 0 bridgehead atoms. The van der Waals surface area contributed by atoms with E-state index >= 15 is 0 Å². The zero-order chi connectivity index (χ0) is 18.9. The Morgan fingerprint density at radius 3 is 2.46 bits per heavy atom. The van der Waals surface area contributed by atoms with Crippen molar-refractivity contribution in [2.45, 2.75) is 39.4 Å². The first kappa shape index (κ1) is 25.0. The Hall–Kier alpha value is -1.03. The first-order valence-electron chi connectivity index (χ1n) is 8.56. The first-order valence-corrected chi connectivity index (χ1v) is 9.88. The molecule has 8 heteroatoms. The second-order valence-electron chi connectivity index (χ2n) is 6.35. The van der Waals surface area contributed by atoms with Crippen LogP contribution in [0.5, 0.6) is 11.5 Å². The number of anilines is 1. The summed E-state index contributed by atoms with van der Waals surface area (Å²) in [6.45, 7) is 11.7. The molecule has 0 aliphatic heterocycles. The molecule has 0 spiro atoms. The third kappa shape index (κ3) is 8.57. The second-order valence-corrected chi connectivity index (χ2v) is 8.67. The summed E-state index contributed by atoms with van der Waals surface area (Å²) in [5, 5.41) is 6.43. The van der Waals surface area contributed by atoms with E-state index in [0.29, 0.717) is 36.4 Å². The van der Waals surface area contributed by atoms with E-state index in [1.807, 2.05) is 52.8 Å². The van der Waals surface area contributed by atoms with Crippen LogP contribution in [0.3, 0.4) is 0 Å². The number of aliphatic imine (C=N–C) groups is 1. The number of hydrogen-bond donors (Lipinski definition) is 2. The lowest BCUT2D eigenvalue weighted by Gasteiger charge is -2.17. The van der Waals surface area contributed by atoms with Crippen molar-refractivity contribution in [2.24, 2.45) is 4.99 Å². The van der Waals surface area contributed by atoms with Crippen LogP contribution in [0, 0.1) is 0 Å². The van der Waals surface area contributed by atoms with Gasteiger partial charge >= 0.3 is 0 Å². The molecule has 0 aliphatic rings. The molecule has 1 unspecified atom stereocenters. The van der Waals surface area contributed by atoms with Crippen molar-refractivity contribution < 1.29 is 13.7 Å². The number of guanidine groups is 1. The van der Waals surface area contributed by atoms with Crippen LogP contribution in [0.25, 0.3) is 0 Å². The van der Waals surface area contributed by atoms with Crippen molar-refractivity contribution in [3.05, 3.63) is 18.2 Å². The van der Waals surface area contributed by atoms with E-state index in [4.69, 9.17) is 9.47 Å². The fourth-order valence-electron chi connectivity index (χ4n) is 2.01. The molecule has 0 radical (unpaired) electrons. The smallest absolute Gasteiger partial charge is 0.195 e. The van der Waals surface area contributed by atoms with E-state index in [1.54, 1.807) is 7.11 Å². The predicted molar refractivity (Wildman–Crippen MR) is 122 cm³/mol. The SMILES string of the molecule is CCNC(=NCCS(=O)C(C)(C)C)Nc1ccc(OCC)c(OC)c1.I. The monoisotopic (exact) mass is 497 g/mol. The van der Waals surface area contributed by atoms with Gasteiger partial charge in [0.1, 0.15) is 0 Å². The van der Waals surface area contributed by atoms with Crippen LogP contribution in [0.2, 0.25) is 0 Å². The molecule has 150 valence electrons. The number of hydrogen-bond acceptors (Lipinski definition) is 4. The fraction of sp³-hybridized carbons (Fsp3) is 0.611. The highest BCUT2D eigenvalue weighted by Gasteiger charge is 2.18. The Morgan fingerprint density at radius 2 is 1.92 bits per heavy atom. The Balaban J connectivity index is 0.00000625. The molecule has 26 heavy (non-hydrogen) atoms. The van der Waals surface area contributed by atoms with Gasteiger partial charge in [-0.1, -0.05) is 0 Å². The summed E-state index contributed by atoms with van der Waals surface area (Å²) in [4.78, 5) is 4.51. The number of nitrogens with one attached hydrogen (secondary N) is 2. The van der Waals surface area contributed by atoms with Crippen LogP contribution in [0.1, 0.15) is 34.6 Å². The van der Waals surface area contributed by atoms with E-state index in [9.17, 15) is 4.21 Å². The summed E-state index contributed by atoms with van der Waals surface area (Å²) in [6.07, 6.45) is 0. The maximum absolute atomic E-state index is 12.1. The Bertz CT molecular complexity index is 604. The van der Waals surface area contributed by atoms with Gasteiger partial charge in [0, 0.05) is 39.6 Å².